The summed E-state index contributed by atoms with van der Waals surface area (Å²) in [6.07, 6.45) is 12.6. The molecule has 4 aliphatic carbocycles. The van der Waals surface area contributed by atoms with Crippen molar-refractivity contribution in [3.8, 4) is 0 Å². The van der Waals surface area contributed by atoms with E-state index >= 15 is 0 Å². The van der Waals surface area contributed by atoms with E-state index in [0.717, 1.165) is 61.3 Å². The largest absolute Gasteiger partial charge is 0.444 e. The Hall–Kier alpha value is -2.12. The maximum absolute atomic E-state index is 13.7. The first kappa shape index (κ1) is 35.2. The van der Waals surface area contributed by atoms with Crippen molar-refractivity contribution in [2.24, 2.45) is 46.3 Å². The van der Waals surface area contributed by atoms with Gasteiger partial charge in [-0.1, -0.05) is 51.1 Å². The maximum atomic E-state index is 13.7. The first-order chi connectivity index (χ1) is 21.8. The number of benzene rings is 1. The van der Waals surface area contributed by atoms with Gasteiger partial charge in [0.25, 0.3) is 0 Å². The van der Waals surface area contributed by atoms with Crippen LogP contribution < -0.4 is 10.6 Å². The molecule has 0 radical (unpaired) electrons. The molecule has 258 valence electrons. The summed E-state index contributed by atoms with van der Waals surface area (Å²) in [6, 6.07) is 9.14. The third-order valence-corrected chi connectivity index (χ3v) is 13.0. The lowest BCUT2D eigenvalue weighted by Crippen LogP contribution is -2.57. The van der Waals surface area contributed by atoms with Crippen molar-refractivity contribution in [2.45, 2.75) is 136 Å². The lowest BCUT2D eigenvalue weighted by atomic mass is 9.44. The van der Waals surface area contributed by atoms with E-state index in [1.54, 1.807) is 0 Å². The van der Waals surface area contributed by atoms with Gasteiger partial charge in [-0.15, -0.1) is 0 Å². The summed E-state index contributed by atoms with van der Waals surface area (Å²) in [5, 5.41) is 15.6. The number of fused-ring (bicyclic) bond motifs is 5. The zero-order valence-electron chi connectivity index (χ0n) is 29.5. The van der Waals surface area contributed by atoms with Gasteiger partial charge >= 0.3 is 6.09 Å². The molecule has 7 nitrogen and oxygen atoms in total. The SMILES string of the molecule is C[C@H](CCCO)[C@H]1CC[C@H]2[C@@H]3CC[C@@H]4C[C@@H](NC(=O)[C@H](COCc5ccccc5)NC(=O)OC(C)(C)C)CC[C@]4(C)[C@H]3CC[C@]12C. The van der Waals surface area contributed by atoms with Crippen LogP contribution in [0.3, 0.4) is 0 Å². The van der Waals surface area contributed by atoms with E-state index in [-0.39, 0.29) is 18.6 Å². The Labute approximate surface area is 278 Å². The Morgan fingerprint density at radius 2 is 1.70 bits per heavy atom. The van der Waals surface area contributed by atoms with Gasteiger partial charge in [0, 0.05) is 12.6 Å². The van der Waals surface area contributed by atoms with Crippen molar-refractivity contribution in [1.29, 1.82) is 0 Å². The summed E-state index contributed by atoms with van der Waals surface area (Å²) in [6.45, 7) is 13.9. The molecule has 5 rings (SSSR count). The van der Waals surface area contributed by atoms with Gasteiger partial charge in [-0.2, -0.15) is 0 Å². The molecule has 0 heterocycles. The van der Waals surface area contributed by atoms with Crippen LogP contribution in [-0.4, -0.2) is 48.0 Å². The number of alkyl carbamates (subject to hydrolysis) is 1. The van der Waals surface area contributed by atoms with E-state index in [4.69, 9.17) is 9.47 Å². The molecule has 0 bridgehead atoms. The molecule has 4 fully saturated rings. The molecular formula is C39H62N2O5. The Bertz CT molecular complexity index is 1170. The summed E-state index contributed by atoms with van der Waals surface area (Å²) in [4.78, 5) is 26.3. The smallest absolute Gasteiger partial charge is 0.408 e. The van der Waals surface area contributed by atoms with Crippen molar-refractivity contribution in [3.63, 3.8) is 0 Å². The second-order valence-corrected chi connectivity index (χ2v) is 16.9. The van der Waals surface area contributed by atoms with Crippen molar-refractivity contribution in [1.82, 2.24) is 10.6 Å². The van der Waals surface area contributed by atoms with Gasteiger partial charge in [0.05, 0.1) is 13.2 Å². The highest BCUT2D eigenvalue weighted by Crippen LogP contribution is 2.68. The first-order valence-corrected chi connectivity index (χ1v) is 18.4. The third-order valence-electron chi connectivity index (χ3n) is 13.0. The van der Waals surface area contributed by atoms with Crippen LogP contribution in [0.15, 0.2) is 30.3 Å². The van der Waals surface area contributed by atoms with Gasteiger partial charge in [0.1, 0.15) is 11.6 Å². The molecule has 0 spiro atoms. The van der Waals surface area contributed by atoms with Crippen LogP contribution in [0, 0.1) is 46.3 Å². The average molecular weight is 639 g/mol. The lowest BCUT2D eigenvalue weighted by molar-refractivity contribution is -0.130. The Balaban J connectivity index is 1.19. The lowest BCUT2D eigenvalue weighted by Gasteiger charge is -2.61. The number of hydrogen-bond acceptors (Lipinski definition) is 5. The molecule has 3 N–H and O–H groups in total. The van der Waals surface area contributed by atoms with Crippen LogP contribution in [0.1, 0.15) is 118 Å². The number of nitrogens with one attached hydrogen (secondary N) is 2. The normalized spacial score (nSPS) is 35.2. The molecule has 2 amide bonds. The fraction of sp³-hybridized carbons (Fsp3) is 0.795. The second-order valence-electron chi connectivity index (χ2n) is 16.9. The molecule has 0 aromatic heterocycles. The van der Waals surface area contributed by atoms with E-state index in [1.165, 1.54) is 38.5 Å². The van der Waals surface area contributed by atoms with Gasteiger partial charge < -0.3 is 25.2 Å². The van der Waals surface area contributed by atoms with E-state index in [1.807, 2.05) is 51.1 Å². The maximum Gasteiger partial charge on any atom is 0.408 e. The highest BCUT2D eigenvalue weighted by atomic mass is 16.6. The quantitative estimate of drug-likeness (QED) is 0.231. The molecule has 7 heteroatoms. The molecule has 1 aromatic carbocycles. The summed E-state index contributed by atoms with van der Waals surface area (Å²) < 4.78 is 11.4. The van der Waals surface area contributed by atoms with Crippen LogP contribution in [0.5, 0.6) is 0 Å². The Kier molecular flexibility index (Phi) is 11.1. The van der Waals surface area contributed by atoms with E-state index in [0.29, 0.717) is 35.9 Å². The van der Waals surface area contributed by atoms with Crippen molar-refractivity contribution in [3.05, 3.63) is 35.9 Å². The standard InChI is InChI=1S/C39H62N2O5/c1-26(11-10-22-42)31-16-17-32-30-15-14-28-23-29(18-20-38(28,5)33(30)19-21-39(31,32)6)40-35(43)34(41-36(44)46-37(2,3)4)25-45-24-27-12-8-7-9-13-27/h7-9,12-13,26,28-34,42H,10-11,14-25H2,1-6H3,(H,40,43)(H,41,44)/t26-,28-,29+,30+,31-,32+,33+,34+,38+,39-/m1/s1. The van der Waals surface area contributed by atoms with Crippen LogP contribution in [0.4, 0.5) is 4.79 Å². The van der Waals surface area contributed by atoms with E-state index in [2.05, 4.69) is 31.4 Å². The Morgan fingerprint density at radius 3 is 2.41 bits per heavy atom. The summed E-state index contributed by atoms with van der Waals surface area (Å²) >= 11 is 0. The molecule has 0 aliphatic heterocycles. The zero-order chi connectivity index (χ0) is 33.1. The highest BCUT2D eigenvalue weighted by Gasteiger charge is 2.60. The number of hydrogen-bond donors (Lipinski definition) is 3. The monoisotopic (exact) mass is 638 g/mol. The minimum Gasteiger partial charge on any atom is -0.444 e. The second kappa shape index (κ2) is 14.6. The molecule has 4 saturated carbocycles. The Morgan fingerprint density at radius 1 is 0.978 bits per heavy atom. The molecule has 1 aromatic rings. The van der Waals surface area contributed by atoms with Crippen molar-refractivity contribution in [2.75, 3.05) is 13.2 Å². The summed E-state index contributed by atoms with van der Waals surface area (Å²) in [7, 11) is 0. The number of carbonyl (C=O) groups excluding carboxylic acids is 2. The van der Waals surface area contributed by atoms with Crippen molar-refractivity contribution < 1.29 is 24.2 Å². The van der Waals surface area contributed by atoms with Crippen LogP contribution in [-0.2, 0) is 20.9 Å². The van der Waals surface area contributed by atoms with Crippen LogP contribution >= 0.6 is 0 Å². The van der Waals surface area contributed by atoms with E-state index < -0.39 is 17.7 Å². The van der Waals surface area contributed by atoms with Crippen LogP contribution in [0.2, 0.25) is 0 Å². The molecule has 0 unspecified atom stereocenters. The molecule has 10 atom stereocenters. The highest BCUT2D eigenvalue weighted by molar-refractivity contribution is 5.86. The van der Waals surface area contributed by atoms with Crippen LogP contribution in [0.25, 0.3) is 0 Å². The van der Waals surface area contributed by atoms with Gasteiger partial charge in [0.2, 0.25) is 5.91 Å². The molecule has 4 aliphatic rings. The zero-order valence-corrected chi connectivity index (χ0v) is 29.5. The number of amides is 2. The number of carbonyl (C=O) groups is 2. The fourth-order valence-corrected chi connectivity index (χ4v) is 10.8. The van der Waals surface area contributed by atoms with Gasteiger partial charge in [-0.05, 0) is 143 Å². The number of aliphatic hydroxyl groups is 1. The van der Waals surface area contributed by atoms with Crippen molar-refractivity contribution >= 4 is 12.0 Å². The minimum absolute atomic E-state index is 0.0807. The van der Waals surface area contributed by atoms with E-state index in [9.17, 15) is 14.7 Å². The number of ether oxygens (including phenoxy) is 2. The summed E-state index contributed by atoms with van der Waals surface area (Å²) in [5.74, 6) is 4.35. The molecule has 0 saturated heterocycles. The minimum atomic E-state index is -0.825. The van der Waals surface area contributed by atoms with Gasteiger partial charge in [0.15, 0.2) is 0 Å². The first-order valence-electron chi connectivity index (χ1n) is 18.4. The topological polar surface area (TPSA) is 96.9 Å². The fourth-order valence-electron chi connectivity index (χ4n) is 10.8. The molecule has 46 heavy (non-hydrogen) atoms. The summed E-state index contributed by atoms with van der Waals surface area (Å²) in [5.41, 5.74) is 1.15. The van der Waals surface area contributed by atoms with Gasteiger partial charge in [-0.3, -0.25) is 4.79 Å². The van der Waals surface area contributed by atoms with Gasteiger partial charge in [-0.25, -0.2) is 4.79 Å². The molecular weight excluding hydrogens is 576 g/mol. The number of aliphatic hydroxyl groups excluding tert-OH is 1. The predicted octanol–water partition coefficient (Wildman–Crippen LogP) is 7.65. The average Bonchev–Trinajstić information content (AvgIpc) is 3.36. The third kappa shape index (κ3) is 7.77. The number of rotatable bonds is 11. The predicted molar refractivity (Wildman–Crippen MR) is 182 cm³/mol.